The van der Waals surface area contributed by atoms with Gasteiger partial charge in [0.1, 0.15) is 11.2 Å². The van der Waals surface area contributed by atoms with E-state index in [2.05, 4.69) is 138 Å². The van der Waals surface area contributed by atoms with E-state index >= 15 is 0 Å². The van der Waals surface area contributed by atoms with Gasteiger partial charge in [-0.05, 0) is 47.5 Å². The molecule has 234 valence electrons. The van der Waals surface area contributed by atoms with E-state index in [1.807, 2.05) is 29.5 Å². The van der Waals surface area contributed by atoms with Crippen LogP contribution in [0, 0.1) is 0 Å². The van der Waals surface area contributed by atoms with Crippen molar-refractivity contribution < 1.29 is 4.42 Å². The Morgan fingerprint density at radius 3 is 1.90 bits per heavy atom. The molecule has 0 aliphatic carbocycles. The van der Waals surface area contributed by atoms with Gasteiger partial charge in [-0.2, -0.15) is 0 Å². The van der Waals surface area contributed by atoms with E-state index in [0.717, 1.165) is 61.1 Å². The maximum atomic E-state index is 6.75. The number of fused-ring (bicyclic) bond motifs is 6. The molecule has 0 unspecified atom stereocenters. The van der Waals surface area contributed by atoms with E-state index in [1.54, 1.807) is 12.4 Å². The number of benzene rings is 6. The summed E-state index contributed by atoms with van der Waals surface area (Å²) < 4.78 is 9.31. The average molecular weight is 658 g/mol. The van der Waals surface area contributed by atoms with Crippen LogP contribution in [0.3, 0.4) is 0 Å². The minimum Gasteiger partial charge on any atom is -0.455 e. The third kappa shape index (κ3) is 4.79. The normalized spacial score (nSPS) is 11.6. The summed E-state index contributed by atoms with van der Waals surface area (Å²) in [5.41, 5.74) is 10.9. The number of rotatable bonds is 5. The molecule has 10 rings (SSSR count). The lowest BCUT2D eigenvalue weighted by molar-refractivity contribution is 0.670. The van der Waals surface area contributed by atoms with Crippen molar-refractivity contribution >= 4 is 53.4 Å². The summed E-state index contributed by atoms with van der Waals surface area (Å²) in [7, 11) is 0. The Morgan fingerprint density at radius 2 is 1.08 bits per heavy atom. The molecule has 4 aromatic heterocycles. The van der Waals surface area contributed by atoms with Crippen LogP contribution in [0.25, 0.3) is 98.3 Å². The number of para-hydroxylation sites is 1. The van der Waals surface area contributed by atoms with Crippen molar-refractivity contribution in [2.24, 2.45) is 0 Å². The van der Waals surface area contributed by atoms with Crippen molar-refractivity contribution in [3.63, 3.8) is 0 Å². The van der Waals surface area contributed by atoms with Gasteiger partial charge in [0, 0.05) is 71.2 Å². The van der Waals surface area contributed by atoms with Gasteiger partial charge in [0.25, 0.3) is 0 Å². The lowest BCUT2D eigenvalue weighted by Gasteiger charge is -2.10. The summed E-state index contributed by atoms with van der Waals surface area (Å²) in [6.07, 6.45) is 3.59. The van der Waals surface area contributed by atoms with Gasteiger partial charge in [-0.25, -0.2) is 9.97 Å². The molecule has 0 atom stereocenters. The molecule has 0 saturated heterocycles. The minimum absolute atomic E-state index is 0.638. The third-order valence-electron chi connectivity index (χ3n) is 9.44. The summed E-state index contributed by atoms with van der Waals surface area (Å²) in [4.78, 5) is 14.4. The number of pyridine rings is 1. The van der Waals surface area contributed by atoms with Crippen LogP contribution >= 0.6 is 11.3 Å². The topological polar surface area (TPSA) is 51.8 Å². The largest absolute Gasteiger partial charge is 0.455 e. The lowest BCUT2D eigenvalue weighted by atomic mass is 10.00. The molecule has 0 spiro atoms. The molecular weight excluding hydrogens is 631 g/mol. The van der Waals surface area contributed by atoms with Crippen LogP contribution in [-0.4, -0.2) is 15.0 Å². The second-order valence-electron chi connectivity index (χ2n) is 12.4. The summed E-state index contributed by atoms with van der Waals surface area (Å²) in [6.45, 7) is 0. The van der Waals surface area contributed by atoms with Gasteiger partial charge in [0.2, 0.25) is 0 Å². The Hall–Kier alpha value is -6.43. The minimum atomic E-state index is 0.638. The molecule has 0 aliphatic rings. The monoisotopic (exact) mass is 657 g/mol. The summed E-state index contributed by atoms with van der Waals surface area (Å²) >= 11 is 1.83. The number of hydrogen-bond donors (Lipinski definition) is 0. The highest BCUT2D eigenvalue weighted by Gasteiger charge is 2.18. The second-order valence-corrected chi connectivity index (χ2v) is 13.5. The molecular formula is C45H27N3OS. The lowest BCUT2D eigenvalue weighted by Crippen LogP contribution is -1.96. The predicted octanol–water partition coefficient (Wildman–Crippen LogP) is 12.5. The number of aromatic nitrogens is 3. The number of hydrogen-bond acceptors (Lipinski definition) is 5. The predicted molar refractivity (Wildman–Crippen MR) is 207 cm³/mol. The Bertz CT molecular complexity index is 2860. The number of nitrogens with zero attached hydrogens (tertiary/aromatic N) is 3. The van der Waals surface area contributed by atoms with Gasteiger partial charge in [-0.1, -0.05) is 115 Å². The standard InChI is InChI=1S/C45H27N3OS/c1-2-8-28(9-3-1)29-16-18-30(19-17-29)39-27-40(31-22-24-46-25-23-31)48-45(47-39)32-20-21-33-35-11-6-12-36(43(35)49-41(33)26-32)38-14-7-13-37-34-10-4-5-15-42(34)50-44(37)38/h1-27H. The SMILES string of the molecule is c1ccc(-c2ccc(-c3cc(-c4ccncc4)nc(-c4ccc5c(c4)oc4c(-c6cccc7c6sc6ccccc67)cccc45)n3)cc2)cc1. The van der Waals surface area contributed by atoms with E-state index < -0.39 is 0 Å². The Balaban J connectivity index is 1.11. The van der Waals surface area contributed by atoms with Crippen molar-refractivity contribution in [2.75, 3.05) is 0 Å². The van der Waals surface area contributed by atoms with Crippen LogP contribution in [-0.2, 0) is 0 Å². The van der Waals surface area contributed by atoms with Gasteiger partial charge in [0.05, 0.1) is 11.4 Å². The van der Waals surface area contributed by atoms with Gasteiger partial charge < -0.3 is 4.42 Å². The number of furan rings is 1. The Labute approximate surface area is 292 Å². The van der Waals surface area contributed by atoms with Crippen molar-refractivity contribution in [3.8, 4) is 56.2 Å². The Morgan fingerprint density at radius 1 is 0.440 bits per heavy atom. The highest BCUT2D eigenvalue weighted by Crippen LogP contribution is 2.43. The zero-order valence-corrected chi connectivity index (χ0v) is 27.6. The molecule has 0 bridgehead atoms. The fraction of sp³-hybridized carbons (Fsp3) is 0. The molecule has 6 aromatic carbocycles. The van der Waals surface area contributed by atoms with Gasteiger partial charge in [-0.3, -0.25) is 4.98 Å². The quantitative estimate of drug-likeness (QED) is 0.185. The molecule has 4 nitrogen and oxygen atoms in total. The summed E-state index contributed by atoms with van der Waals surface area (Å²) in [6, 6.07) is 52.9. The molecule has 0 aliphatic heterocycles. The van der Waals surface area contributed by atoms with Crippen LogP contribution in [0.5, 0.6) is 0 Å². The molecule has 5 heteroatoms. The average Bonchev–Trinajstić information content (AvgIpc) is 3.77. The maximum Gasteiger partial charge on any atom is 0.160 e. The highest BCUT2D eigenvalue weighted by atomic mass is 32.1. The molecule has 0 fully saturated rings. The number of thiophene rings is 1. The zero-order valence-electron chi connectivity index (χ0n) is 26.7. The van der Waals surface area contributed by atoms with Crippen LogP contribution in [0.1, 0.15) is 0 Å². The molecule has 10 aromatic rings. The van der Waals surface area contributed by atoms with Crippen LogP contribution < -0.4 is 0 Å². The summed E-state index contributed by atoms with van der Waals surface area (Å²) in [5, 5.41) is 4.72. The fourth-order valence-corrected chi connectivity index (χ4v) is 8.20. The fourth-order valence-electron chi connectivity index (χ4n) is 6.97. The first kappa shape index (κ1) is 28.6. The van der Waals surface area contributed by atoms with Crippen LogP contribution in [0.4, 0.5) is 0 Å². The molecule has 50 heavy (non-hydrogen) atoms. The van der Waals surface area contributed by atoms with Crippen molar-refractivity contribution in [1.82, 2.24) is 15.0 Å². The molecule has 0 N–H and O–H groups in total. The molecule has 0 saturated carbocycles. The zero-order chi connectivity index (χ0) is 33.0. The van der Waals surface area contributed by atoms with E-state index in [-0.39, 0.29) is 0 Å². The molecule has 4 heterocycles. The second kappa shape index (κ2) is 11.6. The Kier molecular flexibility index (Phi) is 6.64. The van der Waals surface area contributed by atoms with E-state index in [0.29, 0.717) is 5.82 Å². The van der Waals surface area contributed by atoms with Crippen molar-refractivity contribution in [2.45, 2.75) is 0 Å². The van der Waals surface area contributed by atoms with Gasteiger partial charge >= 0.3 is 0 Å². The summed E-state index contributed by atoms with van der Waals surface area (Å²) in [5.74, 6) is 0.638. The first-order valence-corrected chi connectivity index (χ1v) is 17.4. The maximum absolute atomic E-state index is 6.75. The van der Waals surface area contributed by atoms with Crippen molar-refractivity contribution in [1.29, 1.82) is 0 Å². The van der Waals surface area contributed by atoms with E-state index in [9.17, 15) is 0 Å². The van der Waals surface area contributed by atoms with Crippen LogP contribution in [0.2, 0.25) is 0 Å². The van der Waals surface area contributed by atoms with Gasteiger partial charge in [0.15, 0.2) is 5.82 Å². The molecule has 0 radical (unpaired) electrons. The van der Waals surface area contributed by atoms with E-state index in [1.165, 1.54) is 31.3 Å². The smallest absolute Gasteiger partial charge is 0.160 e. The third-order valence-corrected chi connectivity index (χ3v) is 10.7. The first-order valence-electron chi connectivity index (χ1n) is 16.6. The molecule has 0 amide bonds. The highest BCUT2D eigenvalue weighted by molar-refractivity contribution is 7.26. The van der Waals surface area contributed by atoms with Crippen LogP contribution in [0.15, 0.2) is 168 Å². The first-order chi connectivity index (χ1) is 24.8. The van der Waals surface area contributed by atoms with Gasteiger partial charge in [-0.15, -0.1) is 11.3 Å². The van der Waals surface area contributed by atoms with E-state index in [4.69, 9.17) is 14.4 Å². The van der Waals surface area contributed by atoms with Crippen molar-refractivity contribution in [3.05, 3.63) is 164 Å².